The molecule has 0 amide bonds. The minimum absolute atomic E-state index is 0.00309. The number of hydrogen-bond acceptors (Lipinski definition) is 4. The molecule has 0 unspecified atom stereocenters. The van der Waals surface area contributed by atoms with Gasteiger partial charge in [-0.3, -0.25) is 5.09 Å². The van der Waals surface area contributed by atoms with Crippen LogP contribution in [0.4, 0.5) is 5.69 Å². The van der Waals surface area contributed by atoms with Crippen molar-refractivity contribution < 1.29 is 9.05 Å². The van der Waals surface area contributed by atoms with Crippen molar-refractivity contribution in [3.8, 4) is 11.5 Å². The molecule has 1 N–H and O–H groups in total. The van der Waals surface area contributed by atoms with Crippen LogP contribution in [0.5, 0.6) is 11.5 Å². The summed E-state index contributed by atoms with van der Waals surface area (Å²) < 4.78 is 14.0. The maximum absolute atomic E-state index is 6.98. The van der Waals surface area contributed by atoms with Gasteiger partial charge in [-0.15, -0.1) is 0 Å². The Morgan fingerprint density at radius 2 is 1.02 bits per heavy atom. The van der Waals surface area contributed by atoms with Crippen molar-refractivity contribution in [3.63, 3.8) is 0 Å². The summed E-state index contributed by atoms with van der Waals surface area (Å²) in [6.07, 6.45) is 0. The number of aryl methyl sites for hydroxylation is 2. The maximum Gasteiger partial charge on any atom is 0.414 e. The monoisotopic (exact) mass is 591 g/mol. The molecule has 0 saturated carbocycles. The zero-order valence-corrected chi connectivity index (χ0v) is 29.4. The van der Waals surface area contributed by atoms with Crippen molar-refractivity contribution in [2.24, 2.45) is 0 Å². The van der Waals surface area contributed by atoms with Gasteiger partial charge in [0.1, 0.15) is 11.5 Å². The molecule has 1 aliphatic heterocycles. The van der Waals surface area contributed by atoms with Crippen molar-refractivity contribution in [3.05, 3.63) is 75.8 Å². The standard InChI is InChI=1S/C36H50NO2PS/c1-22-15-16-28(23(2)17-22)37-40-38-31-26(35(9,10)11)18-24(33(3,4)5)20-29(31)41-30-21-25(34(6,7)8)19-27(32(30)39-40)36(12,13)14/h15-21,37H,1-14H3. The highest BCUT2D eigenvalue weighted by Crippen LogP contribution is 2.57. The molecule has 5 heteroatoms. The van der Waals surface area contributed by atoms with Gasteiger partial charge < -0.3 is 9.05 Å². The van der Waals surface area contributed by atoms with Crippen molar-refractivity contribution >= 4 is 26.0 Å². The largest absolute Gasteiger partial charge is 0.421 e. The number of hydrogen-bond donors (Lipinski definition) is 1. The topological polar surface area (TPSA) is 30.5 Å². The summed E-state index contributed by atoms with van der Waals surface area (Å²) in [6.45, 7) is 31.6. The van der Waals surface area contributed by atoms with E-state index in [1.165, 1.54) is 33.4 Å². The fraction of sp³-hybridized carbons (Fsp3) is 0.500. The summed E-state index contributed by atoms with van der Waals surface area (Å²) in [5.41, 5.74) is 8.27. The van der Waals surface area contributed by atoms with E-state index in [-0.39, 0.29) is 21.7 Å². The molecule has 0 saturated heterocycles. The van der Waals surface area contributed by atoms with Crippen LogP contribution in [0.15, 0.2) is 52.3 Å². The van der Waals surface area contributed by atoms with Crippen LogP contribution >= 0.6 is 20.3 Å². The van der Waals surface area contributed by atoms with Crippen molar-refractivity contribution in [2.45, 2.75) is 128 Å². The first kappa shape index (κ1) is 31.8. The molecule has 0 aromatic heterocycles. The van der Waals surface area contributed by atoms with E-state index >= 15 is 0 Å². The molecule has 0 spiro atoms. The van der Waals surface area contributed by atoms with E-state index in [0.717, 1.165) is 27.0 Å². The van der Waals surface area contributed by atoms with Gasteiger partial charge in [0.05, 0.1) is 9.79 Å². The van der Waals surface area contributed by atoms with Crippen LogP contribution in [0.2, 0.25) is 0 Å². The summed E-state index contributed by atoms with van der Waals surface area (Å²) in [7, 11) is -1.56. The molecule has 41 heavy (non-hydrogen) atoms. The Kier molecular flexibility index (Phi) is 8.40. The van der Waals surface area contributed by atoms with Crippen LogP contribution in [0.1, 0.15) is 116 Å². The lowest BCUT2D eigenvalue weighted by molar-refractivity contribution is 0.447. The first-order valence-electron chi connectivity index (χ1n) is 14.7. The second kappa shape index (κ2) is 10.8. The van der Waals surface area contributed by atoms with Crippen molar-refractivity contribution in [2.75, 3.05) is 5.09 Å². The Morgan fingerprint density at radius 3 is 1.39 bits per heavy atom. The first-order valence-corrected chi connectivity index (χ1v) is 16.7. The molecule has 1 heterocycles. The Labute approximate surface area is 255 Å². The quantitative estimate of drug-likeness (QED) is 0.300. The number of fused-ring (bicyclic) bond motifs is 2. The van der Waals surface area contributed by atoms with Crippen LogP contribution in [0.3, 0.4) is 0 Å². The lowest BCUT2D eigenvalue weighted by Gasteiger charge is -2.34. The van der Waals surface area contributed by atoms with Gasteiger partial charge in [-0.1, -0.05) is 125 Å². The van der Waals surface area contributed by atoms with E-state index in [9.17, 15) is 0 Å². The molecule has 0 atom stereocenters. The third-order valence-corrected chi connectivity index (χ3v) is 9.79. The zero-order chi connectivity index (χ0) is 30.7. The summed E-state index contributed by atoms with van der Waals surface area (Å²) in [4.78, 5) is 2.29. The molecule has 222 valence electrons. The smallest absolute Gasteiger partial charge is 0.414 e. The Hall–Kier alpha value is -2.16. The zero-order valence-electron chi connectivity index (χ0n) is 27.7. The van der Waals surface area contributed by atoms with E-state index in [2.05, 4.69) is 144 Å². The minimum atomic E-state index is -1.56. The van der Waals surface area contributed by atoms with Gasteiger partial charge in [0.25, 0.3) is 0 Å². The van der Waals surface area contributed by atoms with Gasteiger partial charge >= 0.3 is 8.53 Å². The molecular weight excluding hydrogens is 541 g/mol. The fourth-order valence-electron chi connectivity index (χ4n) is 4.91. The molecule has 0 aliphatic carbocycles. The predicted octanol–water partition coefficient (Wildman–Crippen LogP) is 11.8. The highest BCUT2D eigenvalue weighted by molar-refractivity contribution is 7.99. The third-order valence-electron chi connectivity index (χ3n) is 7.62. The van der Waals surface area contributed by atoms with Gasteiger partial charge in [0.2, 0.25) is 0 Å². The van der Waals surface area contributed by atoms with E-state index in [1.807, 2.05) is 0 Å². The average Bonchev–Trinajstić information content (AvgIpc) is 2.78. The Bertz CT molecular complexity index is 1370. The predicted molar refractivity (Wildman–Crippen MR) is 180 cm³/mol. The van der Waals surface area contributed by atoms with E-state index in [1.54, 1.807) is 11.8 Å². The molecule has 4 rings (SSSR count). The first-order chi connectivity index (χ1) is 18.6. The minimum Gasteiger partial charge on any atom is -0.421 e. The summed E-state index contributed by atoms with van der Waals surface area (Å²) in [5.74, 6) is 1.84. The molecule has 3 aromatic rings. The van der Waals surface area contributed by atoms with Crippen LogP contribution in [-0.4, -0.2) is 0 Å². The molecule has 0 radical (unpaired) electrons. The summed E-state index contributed by atoms with van der Waals surface area (Å²) in [5, 5.41) is 3.68. The number of nitrogens with one attached hydrogen (secondary N) is 1. The molecule has 3 aromatic carbocycles. The van der Waals surface area contributed by atoms with Gasteiger partial charge in [-0.2, -0.15) is 0 Å². The molecular formula is C36H50NO2PS. The number of anilines is 1. The van der Waals surface area contributed by atoms with Gasteiger partial charge in [0.15, 0.2) is 0 Å². The average molecular weight is 592 g/mol. The molecule has 0 fully saturated rings. The lowest BCUT2D eigenvalue weighted by Crippen LogP contribution is -2.21. The van der Waals surface area contributed by atoms with Crippen molar-refractivity contribution in [1.82, 2.24) is 0 Å². The van der Waals surface area contributed by atoms with E-state index in [0.29, 0.717) is 0 Å². The van der Waals surface area contributed by atoms with E-state index in [4.69, 9.17) is 9.05 Å². The van der Waals surface area contributed by atoms with Gasteiger partial charge in [-0.25, -0.2) is 0 Å². The summed E-state index contributed by atoms with van der Waals surface area (Å²) in [6, 6.07) is 15.9. The third kappa shape index (κ3) is 7.08. The molecule has 3 nitrogen and oxygen atoms in total. The molecule has 1 aliphatic rings. The van der Waals surface area contributed by atoms with Crippen LogP contribution in [-0.2, 0) is 21.7 Å². The van der Waals surface area contributed by atoms with E-state index < -0.39 is 8.53 Å². The highest BCUT2D eigenvalue weighted by Gasteiger charge is 2.35. The highest BCUT2D eigenvalue weighted by atomic mass is 32.2. The van der Waals surface area contributed by atoms with Crippen LogP contribution in [0, 0.1) is 13.8 Å². The summed E-state index contributed by atoms with van der Waals surface area (Å²) >= 11 is 1.78. The maximum atomic E-state index is 6.98. The number of rotatable bonds is 2. The Balaban J connectivity index is 2.04. The molecule has 0 bridgehead atoms. The van der Waals surface area contributed by atoms with Gasteiger partial charge in [-0.05, 0) is 70.4 Å². The Morgan fingerprint density at radius 1 is 0.585 bits per heavy atom. The normalized spacial score (nSPS) is 14.8. The second-order valence-corrected chi connectivity index (χ2v) is 17.9. The van der Waals surface area contributed by atoms with Crippen LogP contribution < -0.4 is 14.1 Å². The second-order valence-electron chi connectivity index (χ2n) is 15.7. The SMILES string of the molecule is Cc1ccc(NP2Oc3c(cc(C(C)(C)C)cc3C(C)(C)C)Sc3cc(C(C)(C)C)cc(C(C)(C)C)c3O2)c(C)c1. The lowest BCUT2D eigenvalue weighted by atomic mass is 9.80. The van der Waals surface area contributed by atoms with Crippen molar-refractivity contribution in [1.29, 1.82) is 0 Å². The van der Waals surface area contributed by atoms with Gasteiger partial charge in [0, 0.05) is 16.8 Å². The number of benzene rings is 3. The van der Waals surface area contributed by atoms with Crippen LogP contribution in [0.25, 0.3) is 0 Å². The fourth-order valence-corrected chi connectivity index (χ4v) is 7.43.